The number of aromatic nitrogens is 2. The number of halogens is 1. The van der Waals surface area contributed by atoms with Gasteiger partial charge in [-0.3, -0.25) is 0 Å². The maximum atomic E-state index is 6.14. The Kier molecular flexibility index (Phi) is 4.48. The van der Waals surface area contributed by atoms with E-state index in [2.05, 4.69) is 28.0 Å². The topological polar surface area (TPSA) is 29.9 Å². The predicted molar refractivity (Wildman–Crippen MR) is 81.3 cm³/mol. The maximum absolute atomic E-state index is 6.14. The summed E-state index contributed by atoms with van der Waals surface area (Å²) in [6.45, 7) is 7.18. The van der Waals surface area contributed by atoms with E-state index in [1.807, 2.05) is 32.0 Å². The number of anilines is 2. The normalized spacial score (nSPS) is 10.7. The molecular weight excluding hydrogens is 258 g/mol. The van der Waals surface area contributed by atoms with Crippen molar-refractivity contribution in [1.29, 1.82) is 0 Å². The number of aryl methyl sites for hydroxylation is 3. The van der Waals surface area contributed by atoms with Crippen molar-refractivity contribution < 1.29 is 0 Å². The van der Waals surface area contributed by atoms with Crippen LogP contribution < -0.4 is 5.32 Å². The average molecular weight is 278 g/mol. The minimum atomic E-state index is 0.772. The summed E-state index contributed by atoms with van der Waals surface area (Å²) in [5.41, 5.74) is 3.08. The van der Waals surface area contributed by atoms with Crippen molar-refractivity contribution in [2.75, 3.05) is 5.32 Å². The summed E-state index contributed by atoms with van der Waals surface area (Å²) in [5, 5.41) is 4.11. The lowest BCUT2D eigenvalue weighted by Crippen LogP contribution is -2.03. The first-order chi connectivity index (χ1) is 9.10. The molecule has 3 nitrogen and oxygen atoms in total. The van der Waals surface area contributed by atoms with Crippen molar-refractivity contribution in [3.63, 3.8) is 0 Å². The molecule has 0 aliphatic rings. The van der Waals surface area contributed by atoms with Crippen molar-refractivity contribution in [2.45, 2.75) is 40.2 Å². The lowest BCUT2D eigenvalue weighted by Gasteiger charge is -2.10. The highest BCUT2D eigenvalue weighted by Gasteiger charge is 2.06. The SMILES string of the molecule is CCCCn1cc(C)nc1Nc1ccc(C)c(Cl)c1. The van der Waals surface area contributed by atoms with Gasteiger partial charge in [0.15, 0.2) is 0 Å². The molecule has 1 N–H and O–H groups in total. The highest BCUT2D eigenvalue weighted by Crippen LogP contribution is 2.23. The Morgan fingerprint density at radius 1 is 1.32 bits per heavy atom. The standard InChI is InChI=1S/C15H20ClN3/c1-4-5-8-19-10-12(3)17-15(19)18-13-7-6-11(2)14(16)9-13/h6-7,9-10H,4-5,8H2,1-3H3,(H,17,18). The lowest BCUT2D eigenvalue weighted by atomic mass is 10.2. The Hall–Kier alpha value is -1.48. The first-order valence-corrected chi connectivity index (χ1v) is 7.05. The molecular formula is C15H20ClN3. The minimum absolute atomic E-state index is 0.772. The van der Waals surface area contributed by atoms with Crippen LogP contribution in [-0.2, 0) is 6.54 Å². The third-order valence-electron chi connectivity index (χ3n) is 3.08. The van der Waals surface area contributed by atoms with E-state index in [4.69, 9.17) is 11.6 Å². The molecule has 1 aromatic carbocycles. The van der Waals surface area contributed by atoms with Crippen LogP contribution >= 0.6 is 11.6 Å². The van der Waals surface area contributed by atoms with E-state index in [1.54, 1.807) is 0 Å². The van der Waals surface area contributed by atoms with Crippen molar-refractivity contribution in [3.05, 3.63) is 40.7 Å². The minimum Gasteiger partial charge on any atom is -0.326 e. The number of rotatable bonds is 5. The summed E-state index contributed by atoms with van der Waals surface area (Å²) in [5.74, 6) is 0.880. The van der Waals surface area contributed by atoms with E-state index in [0.717, 1.165) is 40.9 Å². The summed E-state index contributed by atoms with van der Waals surface area (Å²) in [6.07, 6.45) is 4.40. The molecule has 0 aliphatic heterocycles. The molecule has 0 aliphatic carbocycles. The number of nitrogens with zero attached hydrogens (tertiary/aromatic N) is 2. The van der Waals surface area contributed by atoms with Gasteiger partial charge in [-0.1, -0.05) is 31.0 Å². The highest BCUT2D eigenvalue weighted by molar-refractivity contribution is 6.31. The van der Waals surface area contributed by atoms with Gasteiger partial charge in [0, 0.05) is 23.5 Å². The molecule has 2 aromatic rings. The Labute approximate surface area is 119 Å². The van der Waals surface area contributed by atoms with Gasteiger partial charge in [0.1, 0.15) is 0 Å². The van der Waals surface area contributed by atoms with Crippen molar-refractivity contribution in [2.24, 2.45) is 0 Å². The maximum Gasteiger partial charge on any atom is 0.207 e. The second-order valence-electron chi connectivity index (χ2n) is 4.84. The van der Waals surface area contributed by atoms with Crippen LogP contribution in [0.4, 0.5) is 11.6 Å². The Morgan fingerprint density at radius 2 is 2.11 bits per heavy atom. The molecule has 0 unspecified atom stereocenters. The Balaban J connectivity index is 2.19. The molecule has 0 atom stereocenters. The van der Waals surface area contributed by atoms with Crippen LogP contribution in [0.2, 0.25) is 5.02 Å². The molecule has 4 heteroatoms. The van der Waals surface area contributed by atoms with Crippen LogP contribution in [0, 0.1) is 13.8 Å². The average Bonchev–Trinajstić information content (AvgIpc) is 2.71. The van der Waals surface area contributed by atoms with Crippen LogP contribution in [0.1, 0.15) is 31.0 Å². The summed E-state index contributed by atoms with van der Waals surface area (Å²) in [7, 11) is 0. The van der Waals surface area contributed by atoms with Crippen LogP contribution in [0.15, 0.2) is 24.4 Å². The predicted octanol–water partition coefficient (Wildman–Crippen LogP) is 4.70. The van der Waals surface area contributed by atoms with Crippen LogP contribution in [0.3, 0.4) is 0 Å². The molecule has 0 bridgehead atoms. The van der Waals surface area contributed by atoms with E-state index >= 15 is 0 Å². The van der Waals surface area contributed by atoms with Crippen molar-refractivity contribution in [3.8, 4) is 0 Å². The van der Waals surface area contributed by atoms with Crippen molar-refractivity contribution >= 4 is 23.2 Å². The van der Waals surface area contributed by atoms with Gasteiger partial charge in [-0.2, -0.15) is 0 Å². The zero-order valence-corrected chi connectivity index (χ0v) is 12.5. The monoisotopic (exact) mass is 277 g/mol. The summed E-state index contributed by atoms with van der Waals surface area (Å²) in [6, 6.07) is 5.97. The third-order valence-corrected chi connectivity index (χ3v) is 3.48. The van der Waals surface area contributed by atoms with Crippen LogP contribution in [-0.4, -0.2) is 9.55 Å². The summed E-state index contributed by atoms with van der Waals surface area (Å²) < 4.78 is 2.16. The fraction of sp³-hybridized carbons (Fsp3) is 0.400. The molecule has 1 aromatic heterocycles. The van der Waals surface area contributed by atoms with Gasteiger partial charge in [0.25, 0.3) is 0 Å². The fourth-order valence-corrected chi connectivity index (χ4v) is 2.13. The number of hydrogen-bond acceptors (Lipinski definition) is 2. The fourth-order valence-electron chi connectivity index (χ4n) is 1.95. The first-order valence-electron chi connectivity index (χ1n) is 6.67. The summed E-state index contributed by atoms with van der Waals surface area (Å²) in [4.78, 5) is 4.52. The number of imidazole rings is 1. The molecule has 0 spiro atoms. The highest BCUT2D eigenvalue weighted by atomic mass is 35.5. The number of unbranched alkanes of at least 4 members (excludes halogenated alkanes) is 1. The van der Waals surface area contributed by atoms with Gasteiger partial charge in [0.2, 0.25) is 5.95 Å². The van der Waals surface area contributed by atoms with Gasteiger partial charge < -0.3 is 9.88 Å². The second kappa shape index (κ2) is 6.11. The van der Waals surface area contributed by atoms with Gasteiger partial charge in [-0.15, -0.1) is 0 Å². The molecule has 0 saturated carbocycles. The molecule has 2 rings (SSSR count). The zero-order valence-electron chi connectivity index (χ0n) is 11.7. The van der Waals surface area contributed by atoms with Gasteiger partial charge in [0.05, 0.1) is 5.69 Å². The molecule has 19 heavy (non-hydrogen) atoms. The molecule has 1 heterocycles. The molecule has 0 saturated heterocycles. The molecule has 0 radical (unpaired) electrons. The van der Waals surface area contributed by atoms with Gasteiger partial charge in [-0.25, -0.2) is 4.98 Å². The van der Waals surface area contributed by atoms with E-state index in [-0.39, 0.29) is 0 Å². The Bertz CT molecular complexity index is 561. The molecule has 0 amide bonds. The van der Waals surface area contributed by atoms with Gasteiger partial charge >= 0.3 is 0 Å². The number of nitrogens with one attached hydrogen (secondary N) is 1. The molecule has 102 valence electrons. The first kappa shape index (κ1) is 13.9. The van der Waals surface area contributed by atoms with E-state index in [9.17, 15) is 0 Å². The van der Waals surface area contributed by atoms with Crippen LogP contribution in [0.5, 0.6) is 0 Å². The lowest BCUT2D eigenvalue weighted by molar-refractivity contribution is 0.637. The smallest absolute Gasteiger partial charge is 0.207 e. The zero-order chi connectivity index (χ0) is 13.8. The largest absolute Gasteiger partial charge is 0.326 e. The second-order valence-corrected chi connectivity index (χ2v) is 5.25. The number of benzene rings is 1. The van der Waals surface area contributed by atoms with Crippen molar-refractivity contribution in [1.82, 2.24) is 9.55 Å². The molecule has 0 fully saturated rings. The quantitative estimate of drug-likeness (QED) is 0.859. The van der Waals surface area contributed by atoms with E-state index < -0.39 is 0 Å². The number of hydrogen-bond donors (Lipinski definition) is 1. The van der Waals surface area contributed by atoms with Crippen LogP contribution in [0.25, 0.3) is 0 Å². The third kappa shape index (κ3) is 3.51. The van der Waals surface area contributed by atoms with E-state index in [1.165, 1.54) is 6.42 Å². The summed E-state index contributed by atoms with van der Waals surface area (Å²) >= 11 is 6.14. The van der Waals surface area contributed by atoms with E-state index in [0.29, 0.717) is 0 Å². The van der Waals surface area contributed by atoms with Gasteiger partial charge in [-0.05, 0) is 38.0 Å². The Morgan fingerprint density at radius 3 is 2.79 bits per heavy atom.